The first-order chi connectivity index (χ1) is 8.84. The molecule has 4 rings (SSSR count). The number of benzene rings is 2. The third-order valence-corrected chi connectivity index (χ3v) is 3.55. The number of rotatable bonds is 0. The van der Waals surface area contributed by atoms with Crippen LogP contribution in [0.5, 0.6) is 0 Å². The molecule has 0 amide bonds. The van der Waals surface area contributed by atoms with Gasteiger partial charge in [0.05, 0.1) is 5.56 Å². The molecule has 0 bridgehead atoms. The molecule has 0 unspecified atom stereocenters. The highest BCUT2D eigenvalue weighted by molar-refractivity contribution is 5.95. The lowest BCUT2D eigenvalue weighted by molar-refractivity contribution is 0.0549. The van der Waals surface area contributed by atoms with Crippen molar-refractivity contribution < 1.29 is 9.53 Å². The Balaban J connectivity index is 2.28. The fraction of sp³-hybridized carbons (Fsp3) is 0.0625. The summed E-state index contributed by atoms with van der Waals surface area (Å²) in [7, 11) is 0. The highest BCUT2D eigenvalue weighted by atomic mass is 16.5. The minimum absolute atomic E-state index is 0.214. The normalized spacial score (nSPS) is 14.8. The Kier molecular flexibility index (Phi) is 1.78. The second-order valence-corrected chi connectivity index (χ2v) is 4.53. The van der Waals surface area contributed by atoms with Crippen LogP contribution in [0.2, 0.25) is 0 Å². The van der Waals surface area contributed by atoms with Crippen molar-refractivity contribution in [2.75, 3.05) is 6.61 Å². The molecule has 0 radical (unpaired) electrons. The van der Waals surface area contributed by atoms with Crippen LogP contribution in [0.1, 0.15) is 15.9 Å². The van der Waals surface area contributed by atoms with E-state index >= 15 is 0 Å². The molecular weight excluding hydrogens is 224 g/mol. The second kappa shape index (κ2) is 3.33. The number of fused-ring (bicyclic) bond motifs is 4. The Hall–Kier alpha value is -2.35. The molecule has 2 aromatic rings. The fourth-order valence-electron chi connectivity index (χ4n) is 2.72. The SMILES string of the molecule is O=C1OCC=c2ccc3c(c21)C=c1ccccc1=3. The predicted octanol–water partition coefficient (Wildman–Crippen LogP) is 1.07. The number of carbonyl (C=O) groups is 1. The summed E-state index contributed by atoms with van der Waals surface area (Å²) in [6.45, 7) is 0.373. The molecule has 0 saturated carbocycles. The van der Waals surface area contributed by atoms with Gasteiger partial charge >= 0.3 is 5.97 Å². The zero-order valence-corrected chi connectivity index (χ0v) is 9.64. The third-order valence-electron chi connectivity index (χ3n) is 3.55. The summed E-state index contributed by atoms with van der Waals surface area (Å²) in [5.41, 5.74) is 1.70. The van der Waals surface area contributed by atoms with Gasteiger partial charge in [0.1, 0.15) is 6.61 Å². The number of carbonyl (C=O) groups excluding carboxylic acids is 1. The van der Waals surface area contributed by atoms with Crippen LogP contribution in [0.4, 0.5) is 0 Å². The smallest absolute Gasteiger partial charge is 0.339 e. The molecule has 86 valence electrons. The van der Waals surface area contributed by atoms with Gasteiger partial charge in [-0.2, -0.15) is 0 Å². The van der Waals surface area contributed by atoms with Crippen LogP contribution in [-0.4, -0.2) is 12.6 Å². The lowest BCUT2D eigenvalue weighted by Crippen LogP contribution is -2.24. The molecule has 0 aromatic heterocycles. The van der Waals surface area contributed by atoms with Gasteiger partial charge in [-0.25, -0.2) is 4.79 Å². The summed E-state index contributed by atoms with van der Waals surface area (Å²) in [5.74, 6) is -0.214. The Morgan fingerprint density at radius 3 is 2.78 bits per heavy atom. The molecule has 2 aliphatic rings. The summed E-state index contributed by atoms with van der Waals surface area (Å²) < 4.78 is 5.11. The molecule has 0 fully saturated rings. The summed E-state index contributed by atoms with van der Waals surface area (Å²) in [6.07, 6.45) is 4.03. The maximum Gasteiger partial charge on any atom is 0.339 e. The van der Waals surface area contributed by atoms with Crippen molar-refractivity contribution in [2.24, 2.45) is 0 Å². The highest BCUT2D eigenvalue weighted by Gasteiger charge is 2.19. The zero-order valence-electron chi connectivity index (χ0n) is 9.64. The Labute approximate surface area is 103 Å². The van der Waals surface area contributed by atoms with E-state index in [1.165, 1.54) is 10.4 Å². The maximum absolute atomic E-state index is 11.9. The molecule has 1 aliphatic carbocycles. The molecule has 2 nitrogen and oxygen atoms in total. The number of cyclic esters (lactones) is 1. The van der Waals surface area contributed by atoms with E-state index in [0.717, 1.165) is 16.0 Å². The standard InChI is InChI=1S/C16H10O2/c17-16-15-10(7-8-18-16)5-6-13-12-4-2-1-3-11(12)9-14(13)15/h1-7,9H,8H2. The van der Waals surface area contributed by atoms with Crippen molar-refractivity contribution >= 4 is 18.1 Å². The van der Waals surface area contributed by atoms with Gasteiger partial charge in [-0.05, 0) is 38.6 Å². The first kappa shape index (κ1) is 9.66. The molecule has 1 aliphatic heterocycles. The summed E-state index contributed by atoms with van der Waals surface area (Å²) in [5, 5.41) is 4.46. The van der Waals surface area contributed by atoms with E-state index in [-0.39, 0.29) is 5.97 Å². The van der Waals surface area contributed by atoms with E-state index in [4.69, 9.17) is 4.74 Å². The molecule has 0 saturated heterocycles. The van der Waals surface area contributed by atoms with Gasteiger partial charge < -0.3 is 4.74 Å². The Morgan fingerprint density at radius 1 is 0.944 bits per heavy atom. The molecule has 0 N–H and O–H groups in total. The molecule has 18 heavy (non-hydrogen) atoms. The predicted molar refractivity (Wildman–Crippen MR) is 68.1 cm³/mol. The first-order valence-corrected chi connectivity index (χ1v) is 5.96. The fourth-order valence-corrected chi connectivity index (χ4v) is 2.72. The van der Waals surface area contributed by atoms with Crippen LogP contribution in [-0.2, 0) is 4.74 Å². The largest absolute Gasteiger partial charge is 0.458 e. The summed E-state index contributed by atoms with van der Waals surface area (Å²) in [4.78, 5) is 11.9. The average molecular weight is 234 g/mol. The average Bonchev–Trinajstić information content (AvgIpc) is 2.77. The van der Waals surface area contributed by atoms with Crippen LogP contribution in [0.25, 0.3) is 12.2 Å². The summed E-state index contributed by atoms with van der Waals surface area (Å²) >= 11 is 0. The van der Waals surface area contributed by atoms with Crippen LogP contribution >= 0.6 is 0 Å². The van der Waals surface area contributed by atoms with Crippen molar-refractivity contribution in [3.05, 3.63) is 68.4 Å². The minimum Gasteiger partial charge on any atom is -0.458 e. The van der Waals surface area contributed by atoms with E-state index in [1.54, 1.807) is 0 Å². The molecule has 0 atom stereocenters. The molecule has 2 aromatic carbocycles. The molecule has 1 heterocycles. The third kappa shape index (κ3) is 1.15. The lowest BCUT2D eigenvalue weighted by Gasteiger charge is -2.11. The first-order valence-electron chi connectivity index (χ1n) is 5.96. The van der Waals surface area contributed by atoms with Crippen molar-refractivity contribution in [3.8, 4) is 0 Å². The molecular formula is C16H10O2. The van der Waals surface area contributed by atoms with Gasteiger partial charge in [0.2, 0.25) is 0 Å². The van der Waals surface area contributed by atoms with Gasteiger partial charge in [-0.3, -0.25) is 0 Å². The number of hydrogen-bond acceptors (Lipinski definition) is 2. The Morgan fingerprint density at radius 2 is 1.83 bits per heavy atom. The van der Waals surface area contributed by atoms with Crippen LogP contribution in [0.3, 0.4) is 0 Å². The van der Waals surface area contributed by atoms with Crippen molar-refractivity contribution in [2.45, 2.75) is 0 Å². The van der Waals surface area contributed by atoms with Crippen molar-refractivity contribution in [3.63, 3.8) is 0 Å². The number of esters is 1. The number of ether oxygens (including phenoxy) is 1. The quantitative estimate of drug-likeness (QED) is 0.544. The number of hydrogen-bond donors (Lipinski definition) is 0. The monoisotopic (exact) mass is 234 g/mol. The molecule has 0 spiro atoms. The topological polar surface area (TPSA) is 26.3 Å². The van der Waals surface area contributed by atoms with Gasteiger partial charge in [-0.15, -0.1) is 0 Å². The van der Waals surface area contributed by atoms with Gasteiger partial charge in [-0.1, -0.05) is 36.4 Å². The zero-order chi connectivity index (χ0) is 12.1. The van der Waals surface area contributed by atoms with Crippen LogP contribution in [0, 0.1) is 10.4 Å². The van der Waals surface area contributed by atoms with Gasteiger partial charge in [0, 0.05) is 0 Å². The minimum atomic E-state index is -0.214. The molecule has 2 heteroatoms. The van der Waals surface area contributed by atoms with Gasteiger partial charge in [0.15, 0.2) is 0 Å². The second-order valence-electron chi connectivity index (χ2n) is 4.53. The van der Waals surface area contributed by atoms with Crippen LogP contribution < -0.4 is 10.4 Å². The van der Waals surface area contributed by atoms with E-state index < -0.39 is 0 Å². The van der Waals surface area contributed by atoms with Gasteiger partial charge in [0.25, 0.3) is 0 Å². The Bertz CT molecular complexity index is 892. The van der Waals surface area contributed by atoms with Crippen molar-refractivity contribution in [1.29, 1.82) is 0 Å². The maximum atomic E-state index is 11.9. The summed E-state index contributed by atoms with van der Waals surface area (Å²) in [6, 6.07) is 12.3. The van der Waals surface area contributed by atoms with E-state index in [0.29, 0.717) is 12.2 Å². The van der Waals surface area contributed by atoms with Crippen LogP contribution in [0.15, 0.2) is 36.4 Å². The van der Waals surface area contributed by atoms with E-state index in [9.17, 15) is 4.79 Å². The lowest BCUT2D eigenvalue weighted by atomic mass is 10.0. The van der Waals surface area contributed by atoms with Crippen molar-refractivity contribution in [1.82, 2.24) is 0 Å². The highest BCUT2D eigenvalue weighted by Crippen LogP contribution is 2.15. The van der Waals surface area contributed by atoms with E-state index in [1.807, 2.05) is 24.3 Å². The van der Waals surface area contributed by atoms with E-state index in [2.05, 4.69) is 24.3 Å².